The summed E-state index contributed by atoms with van der Waals surface area (Å²) in [4.78, 5) is 11.7. The minimum absolute atomic E-state index is 0.176. The van der Waals surface area contributed by atoms with Crippen molar-refractivity contribution in [2.24, 2.45) is 5.73 Å². The first kappa shape index (κ1) is 13.5. The van der Waals surface area contributed by atoms with Gasteiger partial charge in [-0.3, -0.25) is 10.1 Å². The Morgan fingerprint density at radius 1 is 1.38 bits per heavy atom. The maximum Gasteiger partial charge on any atom is 0.325 e. The molecular formula is C12H24N2O2. The molecule has 0 amide bonds. The van der Waals surface area contributed by atoms with Gasteiger partial charge in [-0.15, -0.1) is 0 Å². The fraction of sp³-hybridized carbons (Fsp3) is 0.917. The minimum Gasteiger partial charge on any atom is -0.465 e. The predicted molar refractivity (Wildman–Crippen MR) is 64.1 cm³/mol. The molecule has 0 aliphatic heterocycles. The molecule has 0 heterocycles. The van der Waals surface area contributed by atoms with E-state index in [9.17, 15) is 4.79 Å². The second-order valence-electron chi connectivity index (χ2n) is 5.10. The molecule has 0 aromatic carbocycles. The van der Waals surface area contributed by atoms with Crippen LogP contribution in [0.25, 0.3) is 0 Å². The maximum absolute atomic E-state index is 11.7. The minimum atomic E-state index is -0.595. The van der Waals surface area contributed by atoms with Gasteiger partial charge in [-0.05, 0) is 46.5 Å². The SMILES string of the molecule is CCOC(=O)C(C)(C)NC1CCC(N)CC1. The van der Waals surface area contributed by atoms with Gasteiger partial charge in [0.05, 0.1) is 6.61 Å². The molecule has 3 N–H and O–H groups in total. The monoisotopic (exact) mass is 228 g/mol. The largest absolute Gasteiger partial charge is 0.465 e. The Kier molecular flexibility index (Phi) is 4.74. The number of hydrogen-bond acceptors (Lipinski definition) is 4. The second kappa shape index (κ2) is 5.64. The van der Waals surface area contributed by atoms with E-state index in [4.69, 9.17) is 10.5 Å². The lowest BCUT2D eigenvalue weighted by molar-refractivity contribution is -0.150. The van der Waals surface area contributed by atoms with E-state index in [1.807, 2.05) is 20.8 Å². The van der Waals surface area contributed by atoms with Crippen LogP contribution in [0.1, 0.15) is 46.5 Å². The summed E-state index contributed by atoms with van der Waals surface area (Å²) in [6, 6.07) is 0.725. The lowest BCUT2D eigenvalue weighted by Crippen LogP contribution is -2.53. The molecule has 16 heavy (non-hydrogen) atoms. The van der Waals surface area contributed by atoms with Crippen molar-refractivity contribution in [2.45, 2.75) is 64.1 Å². The van der Waals surface area contributed by atoms with E-state index in [-0.39, 0.29) is 5.97 Å². The third-order valence-corrected chi connectivity index (χ3v) is 3.12. The van der Waals surface area contributed by atoms with Crippen molar-refractivity contribution < 1.29 is 9.53 Å². The highest BCUT2D eigenvalue weighted by Gasteiger charge is 2.32. The number of hydrogen-bond donors (Lipinski definition) is 2. The van der Waals surface area contributed by atoms with Gasteiger partial charge in [0.1, 0.15) is 5.54 Å². The highest BCUT2D eigenvalue weighted by atomic mass is 16.5. The molecule has 0 aromatic rings. The first-order valence-electron chi connectivity index (χ1n) is 6.16. The molecule has 0 aromatic heterocycles. The van der Waals surface area contributed by atoms with Crippen LogP contribution in [-0.2, 0) is 9.53 Å². The van der Waals surface area contributed by atoms with Crippen LogP contribution >= 0.6 is 0 Å². The van der Waals surface area contributed by atoms with E-state index >= 15 is 0 Å². The summed E-state index contributed by atoms with van der Waals surface area (Å²) >= 11 is 0. The smallest absolute Gasteiger partial charge is 0.325 e. The molecule has 0 atom stereocenters. The molecule has 0 saturated heterocycles. The van der Waals surface area contributed by atoms with Crippen LogP contribution in [0, 0.1) is 0 Å². The Labute approximate surface area is 97.9 Å². The van der Waals surface area contributed by atoms with Gasteiger partial charge in [-0.2, -0.15) is 0 Å². The number of nitrogens with two attached hydrogens (primary N) is 1. The summed E-state index contributed by atoms with van der Waals surface area (Å²) in [5, 5.41) is 3.37. The van der Waals surface area contributed by atoms with E-state index < -0.39 is 5.54 Å². The van der Waals surface area contributed by atoms with Crippen molar-refractivity contribution in [2.75, 3.05) is 6.61 Å². The fourth-order valence-corrected chi connectivity index (χ4v) is 2.14. The van der Waals surface area contributed by atoms with Gasteiger partial charge in [0, 0.05) is 12.1 Å². The topological polar surface area (TPSA) is 64.3 Å². The quantitative estimate of drug-likeness (QED) is 0.709. The Morgan fingerprint density at radius 3 is 2.44 bits per heavy atom. The molecule has 1 aliphatic rings. The average Bonchev–Trinajstić information content (AvgIpc) is 2.21. The number of carbonyl (C=O) groups is 1. The summed E-state index contributed by atoms with van der Waals surface area (Å²) in [6.07, 6.45) is 4.17. The number of ether oxygens (including phenoxy) is 1. The lowest BCUT2D eigenvalue weighted by atomic mass is 9.90. The molecule has 4 heteroatoms. The van der Waals surface area contributed by atoms with Crippen LogP contribution in [0.5, 0.6) is 0 Å². The molecule has 94 valence electrons. The van der Waals surface area contributed by atoms with Gasteiger partial charge >= 0.3 is 5.97 Å². The van der Waals surface area contributed by atoms with Crippen molar-refractivity contribution in [1.82, 2.24) is 5.32 Å². The first-order chi connectivity index (χ1) is 7.45. The molecule has 1 fully saturated rings. The average molecular weight is 228 g/mol. The summed E-state index contributed by atoms with van der Waals surface area (Å²) in [5.74, 6) is -0.176. The number of nitrogens with one attached hydrogen (secondary N) is 1. The maximum atomic E-state index is 11.7. The first-order valence-corrected chi connectivity index (χ1v) is 6.16. The number of esters is 1. The summed E-state index contributed by atoms with van der Waals surface area (Å²) in [7, 11) is 0. The summed E-state index contributed by atoms with van der Waals surface area (Å²) < 4.78 is 5.04. The van der Waals surface area contributed by atoms with Crippen LogP contribution in [0.4, 0.5) is 0 Å². The second-order valence-corrected chi connectivity index (χ2v) is 5.10. The van der Waals surface area contributed by atoms with Crippen LogP contribution in [0.15, 0.2) is 0 Å². The van der Waals surface area contributed by atoms with Crippen molar-refractivity contribution in [3.8, 4) is 0 Å². The van der Waals surface area contributed by atoms with Crippen molar-refractivity contribution in [1.29, 1.82) is 0 Å². The zero-order chi connectivity index (χ0) is 12.2. The predicted octanol–water partition coefficient (Wildman–Crippen LogP) is 1.19. The molecule has 1 aliphatic carbocycles. The van der Waals surface area contributed by atoms with E-state index in [0.29, 0.717) is 18.7 Å². The van der Waals surface area contributed by atoms with Gasteiger partial charge in [0.25, 0.3) is 0 Å². The zero-order valence-corrected chi connectivity index (χ0v) is 10.6. The standard InChI is InChI=1S/C12H24N2O2/c1-4-16-11(15)12(2,3)14-10-7-5-9(13)6-8-10/h9-10,14H,4-8,13H2,1-3H3. The molecule has 1 saturated carbocycles. The zero-order valence-electron chi connectivity index (χ0n) is 10.6. The Balaban J connectivity index is 2.42. The molecule has 0 spiro atoms. The van der Waals surface area contributed by atoms with Crippen LogP contribution < -0.4 is 11.1 Å². The molecule has 4 nitrogen and oxygen atoms in total. The fourth-order valence-electron chi connectivity index (χ4n) is 2.14. The number of rotatable bonds is 4. The van der Waals surface area contributed by atoms with E-state index in [0.717, 1.165) is 25.7 Å². The highest BCUT2D eigenvalue weighted by molar-refractivity contribution is 5.79. The van der Waals surface area contributed by atoms with Crippen molar-refractivity contribution >= 4 is 5.97 Å². The Bertz CT molecular complexity index is 233. The van der Waals surface area contributed by atoms with Gasteiger partial charge in [0.2, 0.25) is 0 Å². The Hall–Kier alpha value is -0.610. The third-order valence-electron chi connectivity index (χ3n) is 3.12. The summed E-state index contributed by atoms with van der Waals surface area (Å²) in [6.45, 7) is 6.01. The molecule has 0 radical (unpaired) electrons. The van der Waals surface area contributed by atoms with Gasteiger partial charge < -0.3 is 10.5 Å². The van der Waals surface area contributed by atoms with Gasteiger partial charge in [-0.25, -0.2) is 0 Å². The normalized spacial score (nSPS) is 26.5. The third kappa shape index (κ3) is 3.76. The van der Waals surface area contributed by atoms with E-state index in [1.165, 1.54) is 0 Å². The van der Waals surface area contributed by atoms with E-state index in [1.54, 1.807) is 0 Å². The molecule has 0 unspecified atom stereocenters. The van der Waals surface area contributed by atoms with Gasteiger partial charge in [0.15, 0.2) is 0 Å². The highest BCUT2D eigenvalue weighted by Crippen LogP contribution is 2.20. The van der Waals surface area contributed by atoms with E-state index in [2.05, 4.69) is 5.32 Å². The molecule has 0 bridgehead atoms. The number of carbonyl (C=O) groups excluding carboxylic acids is 1. The lowest BCUT2D eigenvalue weighted by Gasteiger charge is -2.33. The van der Waals surface area contributed by atoms with Crippen LogP contribution in [0.2, 0.25) is 0 Å². The van der Waals surface area contributed by atoms with Crippen molar-refractivity contribution in [3.63, 3.8) is 0 Å². The molecular weight excluding hydrogens is 204 g/mol. The summed E-state index contributed by atoms with van der Waals surface area (Å²) in [5.41, 5.74) is 5.25. The molecule has 1 rings (SSSR count). The Morgan fingerprint density at radius 2 is 1.94 bits per heavy atom. The van der Waals surface area contributed by atoms with Crippen LogP contribution in [-0.4, -0.2) is 30.2 Å². The van der Waals surface area contributed by atoms with Crippen LogP contribution in [0.3, 0.4) is 0 Å². The van der Waals surface area contributed by atoms with Gasteiger partial charge in [-0.1, -0.05) is 0 Å². The van der Waals surface area contributed by atoms with Crippen molar-refractivity contribution in [3.05, 3.63) is 0 Å².